The highest BCUT2D eigenvalue weighted by molar-refractivity contribution is 5.52. The molecule has 192 valence electrons. The highest BCUT2D eigenvalue weighted by Crippen LogP contribution is 2.32. The Balaban J connectivity index is 1.28. The molecule has 4 rings (SSSR count). The lowest BCUT2D eigenvalue weighted by atomic mass is 9.85. The minimum absolute atomic E-state index is 0.508. The van der Waals surface area contributed by atoms with Crippen molar-refractivity contribution < 1.29 is 9.47 Å². The molecule has 0 unspecified atom stereocenters. The van der Waals surface area contributed by atoms with Crippen molar-refractivity contribution in [2.75, 3.05) is 44.1 Å². The number of benzene rings is 1. The molecule has 1 saturated carbocycles. The summed E-state index contributed by atoms with van der Waals surface area (Å²) >= 11 is 0. The van der Waals surface area contributed by atoms with Crippen molar-refractivity contribution in [3.8, 4) is 11.5 Å². The van der Waals surface area contributed by atoms with E-state index in [1.54, 1.807) is 0 Å². The zero-order valence-electron chi connectivity index (χ0n) is 22.0. The quantitative estimate of drug-likeness (QED) is 0.469. The third-order valence-corrected chi connectivity index (χ3v) is 7.49. The van der Waals surface area contributed by atoms with E-state index in [1.165, 1.54) is 55.3 Å². The van der Waals surface area contributed by atoms with Crippen LogP contribution in [0.4, 0.5) is 11.8 Å². The first-order chi connectivity index (χ1) is 17.1. The van der Waals surface area contributed by atoms with E-state index >= 15 is 0 Å². The third kappa shape index (κ3) is 6.37. The van der Waals surface area contributed by atoms with E-state index in [9.17, 15) is 0 Å². The van der Waals surface area contributed by atoms with Crippen LogP contribution in [-0.4, -0.2) is 49.9 Å². The second kappa shape index (κ2) is 12.4. The first-order valence-electron chi connectivity index (χ1n) is 13.5. The highest BCUT2D eigenvalue weighted by atomic mass is 16.5. The molecule has 0 spiro atoms. The monoisotopic (exact) mass is 481 g/mol. The maximum absolute atomic E-state index is 5.86. The summed E-state index contributed by atoms with van der Waals surface area (Å²) in [7, 11) is 4.15. The lowest BCUT2D eigenvalue weighted by Crippen LogP contribution is -2.38. The number of hydrogen-bond donors (Lipinski definition) is 2. The number of ether oxygens (including phenoxy) is 2. The van der Waals surface area contributed by atoms with Crippen LogP contribution in [0.25, 0.3) is 0 Å². The number of nitrogens with zero attached hydrogens (tertiary/aromatic N) is 3. The van der Waals surface area contributed by atoms with Crippen LogP contribution in [0.5, 0.6) is 11.5 Å². The van der Waals surface area contributed by atoms with Crippen LogP contribution in [0.3, 0.4) is 0 Å². The SMILES string of the molecule is CCOc1ccc(CNCC2CCC(N(C)c3nc4c(c(NC)n3)CCCC4)CC2)c(OCC)c1. The van der Waals surface area contributed by atoms with Crippen LogP contribution in [-0.2, 0) is 19.4 Å². The van der Waals surface area contributed by atoms with Crippen molar-refractivity contribution in [3.63, 3.8) is 0 Å². The first kappa shape index (κ1) is 25.5. The van der Waals surface area contributed by atoms with Gasteiger partial charge in [0.25, 0.3) is 0 Å². The number of nitrogens with one attached hydrogen (secondary N) is 2. The minimum atomic E-state index is 0.508. The van der Waals surface area contributed by atoms with Crippen molar-refractivity contribution in [1.82, 2.24) is 15.3 Å². The largest absolute Gasteiger partial charge is 0.494 e. The predicted molar refractivity (Wildman–Crippen MR) is 143 cm³/mol. The van der Waals surface area contributed by atoms with Crippen molar-refractivity contribution in [2.45, 2.75) is 77.8 Å². The molecule has 2 aliphatic rings. The normalized spacial score (nSPS) is 19.7. The Kier molecular flexibility index (Phi) is 9.07. The van der Waals surface area contributed by atoms with E-state index < -0.39 is 0 Å². The summed E-state index contributed by atoms with van der Waals surface area (Å²) in [5.74, 6) is 4.40. The lowest BCUT2D eigenvalue weighted by Gasteiger charge is -2.35. The van der Waals surface area contributed by atoms with E-state index in [0.29, 0.717) is 25.2 Å². The van der Waals surface area contributed by atoms with Gasteiger partial charge in [-0.15, -0.1) is 0 Å². The number of hydrogen-bond acceptors (Lipinski definition) is 7. The van der Waals surface area contributed by atoms with Gasteiger partial charge in [-0.3, -0.25) is 0 Å². The average molecular weight is 482 g/mol. The zero-order valence-corrected chi connectivity index (χ0v) is 22.0. The van der Waals surface area contributed by atoms with Gasteiger partial charge in [-0.05, 0) is 83.7 Å². The molecule has 1 aromatic heterocycles. The minimum Gasteiger partial charge on any atom is -0.494 e. The Hall–Kier alpha value is -2.54. The first-order valence-corrected chi connectivity index (χ1v) is 13.5. The molecule has 1 fully saturated rings. The standard InChI is InChI=1S/C28H43N5O2/c1-5-34-23-16-13-21(26(17-23)35-6-2)19-30-18-20-11-14-22(15-12-20)33(4)28-31-25-10-8-7-9-24(25)27(29-3)32-28/h13,16-17,20,22,30H,5-12,14-15,18-19H2,1-4H3,(H,29,31,32). The average Bonchev–Trinajstić information content (AvgIpc) is 2.89. The Labute approximate surface area is 211 Å². The smallest absolute Gasteiger partial charge is 0.227 e. The van der Waals surface area contributed by atoms with E-state index in [1.807, 2.05) is 33.0 Å². The molecule has 0 atom stereocenters. The molecule has 35 heavy (non-hydrogen) atoms. The molecular formula is C28H43N5O2. The van der Waals surface area contributed by atoms with Crippen LogP contribution in [0.2, 0.25) is 0 Å². The second-order valence-corrected chi connectivity index (χ2v) is 9.81. The number of aryl methyl sites for hydroxylation is 1. The molecule has 0 amide bonds. The summed E-state index contributed by atoms with van der Waals surface area (Å²) in [4.78, 5) is 12.2. The van der Waals surface area contributed by atoms with Gasteiger partial charge in [0.2, 0.25) is 5.95 Å². The molecular weight excluding hydrogens is 438 g/mol. The summed E-state index contributed by atoms with van der Waals surface area (Å²) in [5, 5.41) is 7.00. The highest BCUT2D eigenvalue weighted by Gasteiger charge is 2.27. The third-order valence-electron chi connectivity index (χ3n) is 7.49. The van der Waals surface area contributed by atoms with Gasteiger partial charge in [0.1, 0.15) is 17.3 Å². The van der Waals surface area contributed by atoms with Crippen LogP contribution in [0, 0.1) is 5.92 Å². The number of fused-ring (bicyclic) bond motifs is 1. The fourth-order valence-corrected chi connectivity index (χ4v) is 5.48. The summed E-state index contributed by atoms with van der Waals surface area (Å²) in [6.45, 7) is 7.20. The molecule has 0 aliphatic heterocycles. The van der Waals surface area contributed by atoms with Crippen molar-refractivity contribution >= 4 is 11.8 Å². The summed E-state index contributed by atoms with van der Waals surface area (Å²) in [5.41, 5.74) is 3.76. The fourth-order valence-electron chi connectivity index (χ4n) is 5.48. The topological polar surface area (TPSA) is 71.5 Å². The van der Waals surface area contributed by atoms with Crippen LogP contribution in [0.15, 0.2) is 18.2 Å². The molecule has 1 heterocycles. The van der Waals surface area contributed by atoms with Gasteiger partial charge in [-0.2, -0.15) is 4.98 Å². The molecule has 2 aliphatic carbocycles. The van der Waals surface area contributed by atoms with Crippen LogP contribution >= 0.6 is 0 Å². The Morgan fingerprint density at radius 1 is 1.00 bits per heavy atom. The van der Waals surface area contributed by atoms with E-state index in [0.717, 1.165) is 49.2 Å². The fraction of sp³-hybridized carbons (Fsp3) is 0.643. The Bertz CT molecular complexity index is 941. The van der Waals surface area contributed by atoms with E-state index in [4.69, 9.17) is 19.4 Å². The van der Waals surface area contributed by atoms with Crippen LogP contribution < -0.4 is 25.0 Å². The number of aromatic nitrogens is 2. The number of anilines is 2. The van der Waals surface area contributed by atoms with Crippen molar-refractivity contribution in [3.05, 3.63) is 35.0 Å². The predicted octanol–water partition coefficient (Wildman–Crippen LogP) is 4.98. The lowest BCUT2D eigenvalue weighted by molar-refractivity contribution is 0.304. The molecule has 0 radical (unpaired) electrons. The zero-order chi connectivity index (χ0) is 24.6. The molecule has 2 aromatic rings. The summed E-state index contributed by atoms with van der Waals surface area (Å²) in [6.07, 6.45) is 9.47. The molecule has 7 heteroatoms. The Morgan fingerprint density at radius 3 is 2.51 bits per heavy atom. The van der Waals surface area contributed by atoms with Gasteiger partial charge in [-0.25, -0.2) is 4.98 Å². The van der Waals surface area contributed by atoms with Gasteiger partial charge >= 0.3 is 0 Å². The van der Waals surface area contributed by atoms with E-state index in [2.05, 4.69) is 28.6 Å². The molecule has 0 saturated heterocycles. The Morgan fingerprint density at radius 2 is 1.77 bits per heavy atom. The van der Waals surface area contributed by atoms with Gasteiger partial charge in [0.05, 0.1) is 18.9 Å². The summed E-state index contributed by atoms with van der Waals surface area (Å²) < 4.78 is 11.5. The maximum Gasteiger partial charge on any atom is 0.227 e. The van der Waals surface area contributed by atoms with Crippen molar-refractivity contribution in [1.29, 1.82) is 0 Å². The summed E-state index contributed by atoms with van der Waals surface area (Å²) in [6, 6.07) is 6.67. The van der Waals surface area contributed by atoms with Crippen LogP contribution in [0.1, 0.15) is 69.2 Å². The number of rotatable bonds is 11. The molecule has 7 nitrogen and oxygen atoms in total. The molecule has 0 bridgehead atoms. The molecule has 1 aromatic carbocycles. The van der Waals surface area contributed by atoms with Gasteiger partial charge in [0, 0.05) is 43.9 Å². The van der Waals surface area contributed by atoms with Gasteiger partial charge < -0.3 is 25.0 Å². The second-order valence-electron chi connectivity index (χ2n) is 9.81. The van der Waals surface area contributed by atoms with Crippen molar-refractivity contribution in [2.24, 2.45) is 5.92 Å². The molecule has 2 N–H and O–H groups in total. The van der Waals surface area contributed by atoms with Gasteiger partial charge in [0.15, 0.2) is 0 Å². The maximum atomic E-state index is 5.86. The van der Waals surface area contributed by atoms with E-state index in [-0.39, 0.29) is 0 Å². The van der Waals surface area contributed by atoms with Gasteiger partial charge in [-0.1, -0.05) is 6.07 Å².